The highest BCUT2D eigenvalue weighted by Crippen LogP contribution is 2.28. The Morgan fingerprint density at radius 1 is 1.59 bits per heavy atom. The van der Waals surface area contributed by atoms with Gasteiger partial charge in [-0.15, -0.1) is 0 Å². The van der Waals surface area contributed by atoms with Crippen LogP contribution in [-0.2, 0) is 16.1 Å². The fourth-order valence-electron chi connectivity index (χ4n) is 1.66. The lowest BCUT2D eigenvalue weighted by molar-refractivity contribution is -0.143. The van der Waals surface area contributed by atoms with Gasteiger partial charge in [0, 0.05) is 4.47 Å². The number of aromatic nitrogens is 2. The first-order valence-electron chi connectivity index (χ1n) is 5.19. The van der Waals surface area contributed by atoms with Gasteiger partial charge in [0.1, 0.15) is 6.54 Å². The first kappa shape index (κ1) is 11.9. The number of nitrogen functional groups attached to an aromatic ring is 1. The summed E-state index contributed by atoms with van der Waals surface area (Å²) in [5.41, 5.74) is 6.62. The number of anilines is 1. The van der Waals surface area contributed by atoms with Crippen LogP contribution in [0.25, 0.3) is 10.9 Å². The van der Waals surface area contributed by atoms with Crippen LogP contribution in [0, 0.1) is 0 Å². The number of hydrogen-bond donors (Lipinski definition) is 1. The number of esters is 1. The maximum atomic E-state index is 11.4. The molecule has 0 aliphatic heterocycles. The van der Waals surface area contributed by atoms with Crippen molar-refractivity contribution in [2.24, 2.45) is 0 Å². The van der Waals surface area contributed by atoms with Gasteiger partial charge in [-0.25, -0.2) is 0 Å². The van der Waals surface area contributed by atoms with E-state index in [1.165, 1.54) is 0 Å². The molecule has 0 amide bonds. The fraction of sp³-hybridized carbons (Fsp3) is 0.273. The normalized spacial score (nSPS) is 10.7. The lowest BCUT2D eigenvalue weighted by Crippen LogP contribution is -2.14. The Morgan fingerprint density at radius 3 is 3.06 bits per heavy atom. The summed E-state index contributed by atoms with van der Waals surface area (Å²) in [7, 11) is 0. The predicted octanol–water partition coefficient (Wildman–Crippen LogP) is 1.94. The Hall–Kier alpha value is -1.56. The van der Waals surface area contributed by atoms with Crippen molar-refractivity contribution in [2.75, 3.05) is 12.3 Å². The molecular weight excluding hydrogens is 286 g/mol. The van der Waals surface area contributed by atoms with Gasteiger partial charge in [-0.1, -0.05) is 6.07 Å². The van der Waals surface area contributed by atoms with Gasteiger partial charge in [0.05, 0.1) is 17.5 Å². The molecule has 0 radical (unpaired) electrons. The van der Waals surface area contributed by atoms with E-state index in [2.05, 4.69) is 21.0 Å². The molecule has 0 atom stereocenters. The van der Waals surface area contributed by atoms with Crippen molar-refractivity contribution >= 4 is 38.6 Å². The van der Waals surface area contributed by atoms with Crippen LogP contribution < -0.4 is 5.73 Å². The summed E-state index contributed by atoms with van der Waals surface area (Å²) in [5.74, 6) is 0.0775. The maximum Gasteiger partial charge on any atom is 0.327 e. The van der Waals surface area contributed by atoms with Crippen LogP contribution in [0.2, 0.25) is 0 Å². The first-order chi connectivity index (χ1) is 8.13. The van der Waals surface area contributed by atoms with Crippen molar-refractivity contribution in [3.05, 3.63) is 22.7 Å². The Bertz CT molecular complexity index is 565. The molecule has 1 aromatic carbocycles. The lowest BCUT2D eigenvalue weighted by atomic mass is 10.2. The topological polar surface area (TPSA) is 70.1 Å². The van der Waals surface area contributed by atoms with E-state index >= 15 is 0 Å². The van der Waals surface area contributed by atoms with Crippen molar-refractivity contribution in [3.63, 3.8) is 0 Å². The van der Waals surface area contributed by atoms with Crippen molar-refractivity contribution < 1.29 is 9.53 Å². The molecule has 2 aromatic rings. The summed E-state index contributed by atoms with van der Waals surface area (Å²) in [6.07, 6.45) is 0. The number of nitrogens with zero attached hydrogens (tertiary/aromatic N) is 2. The van der Waals surface area contributed by atoms with Gasteiger partial charge in [0.15, 0.2) is 5.82 Å². The largest absolute Gasteiger partial charge is 0.465 e. The number of fused-ring (bicyclic) bond motifs is 1. The molecule has 0 fully saturated rings. The zero-order valence-corrected chi connectivity index (χ0v) is 10.9. The number of nitrogens with two attached hydrogens (primary N) is 1. The molecule has 6 heteroatoms. The lowest BCUT2D eigenvalue weighted by Gasteiger charge is -2.03. The van der Waals surface area contributed by atoms with Crippen LogP contribution in [0.1, 0.15) is 6.92 Å². The van der Waals surface area contributed by atoms with Crippen molar-refractivity contribution in [1.82, 2.24) is 9.78 Å². The predicted molar refractivity (Wildman–Crippen MR) is 68.5 cm³/mol. The van der Waals surface area contributed by atoms with Crippen molar-refractivity contribution in [3.8, 4) is 0 Å². The number of rotatable bonds is 3. The number of hydrogen-bond acceptors (Lipinski definition) is 4. The highest BCUT2D eigenvalue weighted by atomic mass is 79.9. The van der Waals surface area contributed by atoms with Crippen LogP contribution in [0.5, 0.6) is 0 Å². The third kappa shape index (κ3) is 2.26. The second-order valence-electron chi connectivity index (χ2n) is 3.48. The maximum absolute atomic E-state index is 11.4. The molecule has 90 valence electrons. The average molecular weight is 298 g/mol. The number of halogens is 1. The standard InChI is InChI=1S/C11H12BrN3O2/c1-2-17-9(16)6-15-8-5-3-4-7(12)10(8)11(13)14-15/h3-5H,2,6H2,1H3,(H2,13,14). The summed E-state index contributed by atoms with van der Waals surface area (Å²) < 4.78 is 7.29. The molecule has 0 aliphatic carbocycles. The minimum atomic E-state index is -0.322. The highest BCUT2D eigenvalue weighted by Gasteiger charge is 2.13. The molecule has 5 nitrogen and oxygen atoms in total. The van der Waals surface area contributed by atoms with Crippen LogP contribution in [0.15, 0.2) is 22.7 Å². The first-order valence-corrected chi connectivity index (χ1v) is 5.99. The van der Waals surface area contributed by atoms with E-state index < -0.39 is 0 Å². The van der Waals surface area contributed by atoms with Crippen LogP contribution in [0.4, 0.5) is 5.82 Å². The smallest absolute Gasteiger partial charge is 0.327 e. The van der Waals surface area contributed by atoms with Gasteiger partial charge in [-0.3, -0.25) is 9.48 Å². The fourth-order valence-corrected chi connectivity index (χ4v) is 2.22. The summed E-state index contributed by atoms with van der Waals surface area (Å²) in [6, 6.07) is 5.62. The van der Waals surface area contributed by atoms with E-state index in [4.69, 9.17) is 10.5 Å². The molecule has 0 unspecified atom stereocenters. The summed E-state index contributed by atoms with van der Waals surface area (Å²) in [5, 5.41) is 4.95. The van der Waals surface area contributed by atoms with Crippen LogP contribution in [-0.4, -0.2) is 22.4 Å². The van der Waals surface area contributed by atoms with Gasteiger partial charge >= 0.3 is 5.97 Å². The molecular formula is C11H12BrN3O2. The highest BCUT2D eigenvalue weighted by molar-refractivity contribution is 9.10. The third-order valence-corrected chi connectivity index (χ3v) is 3.00. The van der Waals surface area contributed by atoms with E-state index in [-0.39, 0.29) is 12.5 Å². The van der Waals surface area contributed by atoms with Gasteiger partial charge in [0.2, 0.25) is 0 Å². The SMILES string of the molecule is CCOC(=O)Cn1nc(N)c2c(Br)cccc21. The number of carbonyl (C=O) groups excluding carboxylic acids is 1. The molecule has 0 saturated heterocycles. The zero-order valence-electron chi connectivity index (χ0n) is 9.31. The van der Waals surface area contributed by atoms with Crippen LogP contribution in [0.3, 0.4) is 0 Å². The zero-order chi connectivity index (χ0) is 12.4. The van der Waals surface area contributed by atoms with Crippen molar-refractivity contribution in [2.45, 2.75) is 13.5 Å². The Balaban J connectivity index is 2.42. The van der Waals surface area contributed by atoms with Crippen molar-refractivity contribution in [1.29, 1.82) is 0 Å². The minimum absolute atomic E-state index is 0.0675. The molecule has 2 N–H and O–H groups in total. The molecule has 0 spiro atoms. The molecule has 0 saturated carbocycles. The molecule has 1 heterocycles. The second kappa shape index (κ2) is 4.75. The average Bonchev–Trinajstić information content (AvgIpc) is 2.57. The quantitative estimate of drug-likeness (QED) is 0.879. The van der Waals surface area contributed by atoms with Gasteiger partial charge < -0.3 is 10.5 Å². The van der Waals surface area contributed by atoms with E-state index in [0.29, 0.717) is 12.4 Å². The second-order valence-corrected chi connectivity index (χ2v) is 4.34. The van der Waals surface area contributed by atoms with E-state index in [9.17, 15) is 4.79 Å². The summed E-state index contributed by atoms with van der Waals surface area (Å²) in [4.78, 5) is 11.4. The third-order valence-electron chi connectivity index (χ3n) is 2.34. The minimum Gasteiger partial charge on any atom is -0.465 e. The van der Waals surface area contributed by atoms with E-state index in [0.717, 1.165) is 15.4 Å². The number of benzene rings is 1. The van der Waals surface area contributed by atoms with Gasteiger partial charge in [-0.05, 0) is 35.0 Å². The van der Waals surface area contributed by atoms with Gasteiger partial charge in [0.25, 0.3) is 0 Å². The number of carbonyl (C=O) groups is 1. The summed E-state index contributed by atoms with van der Waals surface area (Å²) >= 11 is 3.41. The van der Waals surface area contributed by atoms with Gasteiger partial charge in [-0.2, -0.15) is 5.10 Å². The Labute approximate surface area is 107 Å². The Morgan fingerprint density at radius 2 is 2.35 bits per heavy atom. The van der Waals surface area contributed by atoms with Crippen LogP contribution >= 0.6 is 15.9 Å². The molecule has 2 rings (SSSR count). The molecule has 1 aromatic heterocycles. The number of ether oxygens (including phenoxy) is 1. The van der Waals surface area contributed by atoms with E-state index in [1.807, 2.05) is 18.2 Å². The molecule has 0 bridgehead atoms. The molecule has 0 aliphatic rings. The van der Waals surface area contributed by atoms with E-state index in [1.54, 1.807) is 11.6 Å². The summed E-state index contributed by atoms with van der Waals surface area (Å²) in [6.45, 7) is 2.19. The monoisotopic (exact) mass is 297 g/mol. The Kier molecular flexibility index (Phi) is 3.33. The molecule has 17 heavy (non-hydrogen) atoms.